The minimum Gasteiger partial charge on any atom is -0.233 e. The van der Waals surface area contributed by atoms with Gasteiger partial charge >= 0.3 is 0 Å². The molecule has 0 unspecified atom stereocenters. The van der Waals surface area contributed by atoms with Crippen LogP contribution in [0.25, 0.3) is 5.82 Å². The van der Waals surface area contributed by atoms with E-state index in [4.69, 9.17) is 0 Å². The number of rotatable bonds is 1. The highest BCUT2D eigenvalue weighted by molar-refractivity contribution is 5.21. The Balaban J connectivity index is 2.48. The molecule has 2 heterocycles. The van der Waals surface area contributed by atoms with Crippen molar-refractivity contribution in [3.63, 3.8) is 0 Å². The van der Waals surface area contributed by atoms with Crippen molar-refractivity contribution >= 4 is 0 Å². The Labute approximate surface area is 69.9 Å². The number of hydrogen-bond donors (Lipinski definition) is 0. The average molecular weight is 159 g/mol. The molecule has 1 radical (unpaired) electrons. The molecule has 0 atom stereocenters. The third kappa shape index (κ3) is 1.18. The van der Waals surface area contributed by atoms with E-state index in [9.17, 15) is 0 Å². The molecule has 0 aliphatic carbocycles. The van der Waals surface area contributed by atoms with Crippen molar-refractivity contribution in [2.75, 3.05) is 0 Å². The number of aryl methyl sites for hydroxylation is 1. The first-order valence-electron chi connectivity index (χ1n) is 3.56. The maximum Gasteiger partial charge on any atom is 0.155 e. The molecule has 59 valence electrons. The van der Waals surface area contributed by atoms with Crippen LogP contribution in [0, 0.1) is 13.0 Å². The first-order valence-corrected chi connectivity index (χ1v) is 3.56. The lowest BCUT2D eigenvalue weighted by molar-refractivity contribution is 0.839. The minimum atomic E-state index is 0.767. The number of hydrogen-bond acceptors (Lipinski definition) is 3. The summed E-state index contributed by atoms with van der Waals surface area (Å²) in [5.74, 6) is 0.767. The molecule has 0 bridgehead atoms. The van der Waals surface area contributed by atoms with Crippen molar-refractivity contribution in [1.82, 2.24) is 19.7 Å². The second-order valence-electron chi connectivity index (χ2n) is 2.37. The van der Waals surface area contributed by atoms with E-state index in [1.807, 2.05) is 19.1 Å². The Morgan fingerprint density at radius 2 is 2.42 bits per heavy atom. The van der Waals surface area contributed by atoms with Gasteiger partial charge in [-0.15, -0.1) is 0 Å². The van der Waals surface area contributed by atoms with Gasteiger partial charge < -0.3 is 0 Å². The molecular weight excluding hydrogens is 152 g/mol. The van der Waals surface area contributed by atoms with E-state index in [2.05, 4.69) is 21.1 Å². The summed E-state index contributed by atoms with van der Waals surface area (Å²) in [5.41, 5.74) is 0.850. The van der Waals surface area contributed by atoms with E-state index in [0.29, 0.717) is 0 Å². The van der Waals surface area contributed by atoms with Gasteiger partial charge in [-0.1, -0.05) is 0 Å². The predicted molar refractivity (Wildman–Crippen MR) is 42.7 cm³/mol. The van der Waals surface area contributed by atoms with Gasteiger partial charge in [0.2, 0.25) is 0 Å². The molecule has 0 saturated carbocycles. The van der Waals surface area contributed by atoms with Crippen LogP contribution in [0.3, 0.4) is 0 Å². The molecule has 0 N–H and O–H groups in total. The van der Waals surface area contributed by atoms with Gasteiger partial charge in [-0.2, -0.15) is 5.10 Å². The lowest BCUT2D eigenvalue weighted by Gasteiger charge is -1.98. The van der Waals surface area contributed by atoms with Crippen LogP contribution >= 0.6 is 0 Å². The molecule has 2 rings (SSSR count). The van der Waals surface area contributed by atoms with Crippen LogP contribution in [0.2, 0.25) is 0 Å². The van der Waals surface area contributed by atoms with E-state index in [-0.39, 0.29) is 0 Å². The summed E-state index contributed by atoms with van der Waals surface area (Å²) in [6.45, 7) is 1.89. The first-order chi connectivity index (χ1) is 5.86. The van der Waals surface area contributed by atoms with Crippen LogP contribution in [-0.2, 0) is 0 Å². The topological polar surface area (TPSA) is 43.6 Å². The maximum absolute atomic E-state index is 4.22. The van der Waals surface area contributed by atoms with Crippen molar-refractivity contribution in [2.45, 2.75) is 6.92 Å². The Morgan fingerprint density at radius 3 is 3.08 bits per heavy atom. The smallest absolute Gasteiger partial charge is 0.155 e. The number of aromatic nitrogens is 4. The van der Waals surface area contributed by atoms with E-state index in [0.717, 1.165) is 11.5 Å². The molecule has 12 heavy (non-hydrogen) atoms. The molecule has 0 aromatic carbocycles. The normalized spacial score (nSPS) is 10.1. The Morgan fingerprint density at radius 1 is 1.50 bits per heavy atom. The lowest BCUT2D eigenvalue weighted by Crippen LogP contribution is -1.98. The first kappa shape index (κ1) is 6.97. The van der Waals surface area contributed by atoms with Crippen molar-refractivity contribution < 1.29 is 0 Å². The minimum absolute atomic E-state index is 0.767. The van der Waals surface area contributed by atoms with E-state index >= 15 is 0 Å². The third-order valence-corrected chi connectivity index (χ3v) is 1.46. The van der Waals surface area contributed by atoms with Gasteiger partial charge in [-0.3, -0.25) is 0 Å². The molecule has 0 spiro atoms. The van der Waals surface area contributed by atoms with Crippen molar-refractivity contribution in [1.29, 1.82) is 0 Å². The van der Waals surface area contributed by atoms with Crippen LogP contribution in [-0.4, -0.2) is 19.7 Å². The van der Waals surface area contributed by atoms with Gasteiger partial charge in [-0.05, 0) is 19.1 Å². The van der Waals surface area contributed by atoms with Gasteiger partial charge in [0.15, 0.2) is 5.82 Å². The molecule has 0 fully saturated rings. The molecule has 2 aromatic rings. The van der Waals surface area contributed by atoms with Crippen LogP contribution in [0.15, 0.2) is 24.8 Å². The summed E-state index contributed by atoms with van der Waals surface area (Å²) >= 11 is 0. The summed E-state index contributed by atoms with van der Waals surface area (Å²) in [7, 11) is 0. The summed E-state index contributed by atoms with van der Waals surface area (Å²) < 4.78 is 1.61. The number of pyridine rings is 1. The van der Waals surface area contributed by atoms with Crippen molar-refractivity contribution in [3.8, 4) is 5.82 Å². The zero-order valence-corrected chi connectivity index (χ0v) is 6.60. The highest BCUT2D eigenvalue weighted by Gasteiger charge is 1.96. The third-order valence-electron chi connectivity index (χ3n) is 1.46. The molecule has 0 aliphatic heterocycles. The van der Waals surface area contributed by atoms with Gasteiger partial charge in [0.1, 0.15) is 12.7 Å². The van der Waals surface area contributed by atoms with Gasteiger partial charge in [0, 0.05) is 11.8 Å². The summed E-state index contributed by atoms with van der Waals surface area (Å²) in [6.07, 6.45) is 3.09. The van der Waals surface area contributed by atoms with Crippen molar-refractivity contribution in [2.24, 2.45) is 0 Å². The zero-order valence-electron chi connectivity index (χ0n) is 6.60. The quantitative estimate of drug-likeness (QED) is 0.617. The Kier molecular flexibility index (Phi) is 1.59. The van der Waals surface area contributed by atoms with E-state index in [1.54, 1.807) is 11.0 Å². The van der Waals surface area contributed by atoms with Crippen LogP contribution in [0.1, 0.15) is 5.69 Å². The lowest BCUT2D eigenvalue weighted by atomic mass is 10.4. The molecule has 0 saturated heterocycles. The maximum atomic E-state index is 4.22. The van der Waals surface area contributed by atoms with E-state index in [1.165, 1.54) is 6.33 Å². The van der Waals surface area contributed by atoms with Crippen LogP contribution < -0.4 is 0 Å². The molecule has 2 aromatic heterocycles. The van der Waals surface area contributed by atoms with Gasteiger partial charge in [0.05, 0.1) is 0 Å². The number of nitrogens with zero attached hydrogens (tertiary/aromatic N) is 4. The van der Waals surface area contributed by atoms with Crippen molar-refractivity contribution in [3.05, 3.63) is 36.5 Å². The highest BCUT2D eigenvalue weighted by Crippen LogP contribution is 2.00. The second kappa shape index (κ2) is 2.73. The molecule has 0 amide bonds. The van der Waals surface area contributed by atoms with Crippen LogP contribution in [0.4, 0.5) is 0 Å². The second-order valence-corrected chi connectivity index (χ2v) is 2.37. The fraction of sp³-hybridized carbons (Fsp3) is 0.125. The summed E-state index contributed by atoms with van der Waals surface area (Å²) in [6, 6.07) is 6.61. The van der Waals surface area contributed by atoms with E-state index < -0.39 is 0 Å². The molecular formula is C8H7N4. The standard InChI is InChI=1S/C8H7N4/c1-7-3-2-4-8(11-7)12-6-9-5-10-12/h2,4-6H,1H3. The zero-order chi connectivity index (χ0) is 8.39. The van der Waals surface area contributed by atoms with Crippen LogP contribution in [0.5, 0.6) is 0 Å². The highest BCUT2D eigenvalue weighted by atomic mass is 15.3. The molecule has 4 heteroatoms. The Hall–Kier alpha value is -1.71. The Bertz CT molecular complexity index is 366. The monoisotopic (exact) mass is 159 g/mol. The van der Waals surface area contributed by atoms with Gasteiger partial charge in [0.25, 0.3) is 0 Å². The summed E-state index contributed by atoms with van der Waals surface area (Å²) in [4.78, 5) is 8.05. The average Bonchev–Trinajstić information content (AvgIpc) is 2.56. The summed E-state index contributed by atoms with van der Waals surface area (Å²) in [5, 5.41) is 3.96. The fourth-order valence-electron chi connectivity index (χ4n) is 0.932. The SMILES string of the molecule is Cc1[c]ccc(-n2cncn2)n1. The van der Waals surface area contributed by atoms with Gasteiger partial charge in [-0.25, -0.2) is 14.6 Å². The predicted octanol–water partition coefficient (Wildman–Crippen LogP) is 0.771. The fourth-order valence-corrected chi connectivity index (χ4v) is 0.932. The molecule has 0 aliphatic rings. The molecule has 4 nitrogen and oxygen atoms in total. The largest absolute Gasteiger partial charge is 0.233 e.